The molecule has 0 spiro atoms. The van der Waals surface area contributed by atoms with Crippen LogP contribution in [0.4, 0.5) is 5.69 Å². The van der Waals surface area contributed by atoms with Crippen LogP contribution in [-0.2, 0) is 4.74 Å². The van der Waals surface area contributed by atoms with E-state index in [4.69, 9.17) is 10.00 Å². The van der Waals surface area contributed by atoms with E-state index in [1.54, 1.807) is 36.4 Å². The summed E-state index contributed by atoms with van der Waals surface area (Å²) in [6.07, 6.45) is 1.80. The number of anilines is 1. The Kier molecular flexibility index (Phi) is 7.72. The largest absolute Gasteiger partial charge is 0.462 e. The molecule has 1 amide bonds. The van der Waals surface area contributed by atoms with E-state index in [1.807, 2.05) is 19.1 Å². The van der Waals surface area contributed by atoms with Gasteiger partial charge in [-0.05, 0) is 42.8 Å². The molecule has 0 aliphatic rings. The number of hydrogen-bond donors (Lipinski definition) is 1. The number of benzene rings is 2. The summed E-state index contributed by atoms with van der Waals surface area (Å²) in [4.78, 5) is 25.1. The fourth-order valence-corrected chi connectivity index (χ4v) is 2.88. The second-order valence-corrected chi connectivity index (χ2v) is 6.48. The molecule has 0 atom stereocenters. The van der Waals surface area contributed by atoms with Crippen molar-refractivity contribution in [2.24, 2.45) is 0 Å². The number of esters is 1. The predicted molar refractivity (Wildman–Crippen MR) is 102 cm³/mol. The highest BCUT2D eigenvalue weighted by molar-refractivity contribution is 7.99. The van der Waals surface area contributed by atoms with Crippen molar-refractivity contribution in [3.05, 3.63) is 59.7 Å². The molecule has 0 aliphatic heterocycles. The number of carbonyl (C=O) groups excluding carboxylic acids is 2. The highest BCUT2D eigenvalue weighted by Gasteiger charge is 2.12. The van der Waals surface area contributed by atoms with Crippen LogP contribution in [-0.4, -0.2) is 24.2 Å². The number of nitrogens with zero attached hydrogens (tertiary/aromatic N) is 1. The maximum atomic E-state index is 12.5. The molecular weight excluding hydrogens is 348 g/mol. The van der Waals surface area contributed by atoms with Gasteiger partial charge in [0.25, 0.3) is 5.91 Å². The Hall–Kier alpha value is -2.78. The van der Waals surface area contributed by atoms with Crippen molar-refractivity contribution >= 4 is 29.3 Å². The molecule has 0 bridgehead atoms. The van der Waals surface area contributed by atoms with E-state index in [2.05, 4.69) is 11.4 Å². The number of rotatable bonds is 8. The first-order valence-corrected chi connectivity index (χ1v) is 9.31. The molecule has 0 heterocycles. The van der Waals surface area contributed by atoms with Gasteiger partial charge in [-0.25, -0.2) is 4.79 Å². The van der Waals surface area contributed by atoms with Gasteiger partial charge in [0, 0.05) is 10.6 Å². The highest BCUT2D eigenvalue weighted by atomic mass is 32.2. The van der Waals surface area contributed by atoms with Crippen molar-refractivity contribution in [2.75, 3.05) is 17.7 Å². The molecule has 0 saturated heterocycles. The fourth-order valence-electron chi connectivity index (χ4n) is 2.17. The van der Waals surface area contributed by atoms with Gasteiger partial charge in [0.05, 0.1) is 29.6 Å². The molecule has 2 rings (SSSR count). The molecule has 0 unspecified atom stereocenters. The maximum absolute atomic E-state index is 12.5. The van der Waals surface area contributed by atoms with Gasteiger partial charge in [-0.3, -0.25) is 4.79 Å². The zero-order valence-electron chi connectivity index (χ0n) is 14.5. The minimum absolute atomic E-state index is 0.260. The molecule has 5 nitrogen and oxygen atoms in total. The zero-order chi connectivity index (χ0) is 18.8. The topological polar surface area (TPSA) is 79.2 Å². The van der Waals surface area contributed by atoms with E-state index < -0.39 is 0 Å². The number of carbonyl (C=O) groups is 2. The summed E-state index contributed by atoms with van der Waals surface area (Å²) >= 11 is 1.32. The van der Waals surface area contributed by atoms with Crippen molar-refractivity contribution in [1.29, 1.82) is 5.26 Å². The minimum atomic E-state index is -0.366. The number of unbranched alkanes of at least 4 members (excludes halogenated alkanes) is 1. The van der Waals surface area contributed by atoms with Crippen molar-refractivity contribution in [3.8, 4) is 6.07 Å². The van der Waals surface area contributed by atoms with Crippen LogP contribution in [0.3, 0.4) is 0 Å². The van der Waals surface area contributed by atoms with Crippen LogP contribution in [0.15, 0.2) is 53.4 Å². The Balaban J connectivity index is 2.02. The Labute approximate surface area is 157 Å². The van der Waals surface area contributed by atoms with Crippen LogP contribution in [0.25, 0.3) is 0 Å². The van der Waals surface area contributed by atoms with Crippen molar-refractivity contribution in [3.63, 3.8) is 0 Å². The van der Waals surface area contributed by atoms with Gasteiger partial charge >= 0.3 is 5.97 Å². The summed E-state index contributed by atoms with van der Waals surface area (Å²) in [6.45, 7) is 2.44. The number of thioether (sulfide) groups is 1. The van der Waals surface area contributed by atoms with Crippen LogP contribution in [0.1, 0.15) is 40.5 Å². The summed E-state index contributed by atoms with van der Waals surface area (Å²) in [5.74, 6) is -0.349. The van der Waals surface area contributed by atoms with Crippen LogP contribution in [0.5, 0.6) is 0 Å². The maximum Gasteiger partial charge on any atom is 0.338 e. The lowest BCUT2D eigenvalue weighted by atomic mass is 10.2. The molecule has 2 aromatic rings. The van der Waals surface area contributed by atoms with Crippen LogP contribution >= 0.6 is 11.8 Å². The molecule has 26 heavy (non-hydrogen) atoms. The van der Waals surface area contributed by atoms with Gasteiger partial charge in [0.15, 0.2) is 0 Å². The Morgan fingerprint density at radius 2 is 1.88 bits per heavy atom. The molecule has 0 aliphatic carbocycles. The van der Waals surface area contributed by atoms with Gasteiger partial charge in [0.2, 0.25) is 0 Å². The summed E-state index contributed by atoms with van der Waals surface area (Å²) in [6, 6.07) is 15.8. The first-order chi connectivity index (χ1) is 12.7. The Morgan fingerprint density at radius 1 is 1.15 bits per heavy atom. The number of amides is 1. The normalized spacial score (nSPS) is 10.0. The second-order valence-electron chi connectivity index (χ2n) is 5.46. The van der Waals surface area contributed by atoms with E-state index >= 15 is 0 Å². The van der Waals surface area contributed by atoms with Crippen molar-refractivity contribution < 1.29 is 14.3 Å². The molecule has 6 heteroatoms. The quantitative estimate of drug-likeness (QED) is 0.421. The lowest BCUT2D eigenvalue weighted by Gasteiger charge is -2.09. The standard InChI is InChI=1S/C20H20N2O3S/c1-2-3-13-25-20(24)15-8-10-16(11-9-15)22-19(23)17-6-4-5-7-18(17)26-14-12-21/h4-11H,2-3,13-14H2,1H3,(H,22,23). The Morgan fingerprint density at radius 3 is 2.58 bits per heavy atom. The first-order valence-electron chi connectivity index (χ1n) is 8.33. The fraction of sp³-hybridized carbons (Fsp3) is 0.250. The second kappa shape index (κ2) is 10.3. The van der Waals surface area contributed by atoms with Gasteiger partial charge < -0.3 is 10.1 Å². The van der Waals surface area contributed by atoms with Gasteiger partial charge in [-0.15, -0.1) is 11.8 Å². The third kappa shape index (κ3) is 5.64. The SMILES string of the molecule is CCCCOC(=O)c1ccc(NC(=O)c2ccccc2SCC#N)cc1. The van der Waals surface area contributed by atoms with E-state index in [0.717, 1.165) is 17.7 Å². The first kappa shape index (κ1) is 19.5. The monoisotopic (exact) mass is 368 g/mol. The number of hydrogen-bond acceptors (Lipinski definition) is 5. The van der Waals surface area contributed by atoms with E-state index in [1.165, 1.54) is 11.8 Å². The van der Waals surface area contributed by atoms with E-state index in [-0.39, 0.29) is 17.6 Å². The van der Waals surface area contributed by atoms with Crippen LogP contribution < -0.4 is 5.32 Å². The molecule has 2 aromatic carbocycles. The minimum Gasteiger partial charge on any atom is -0.462 e. The lowest BCUT2D eigenvalue weighted by Crippen LogP contribution is -2.13. The summed E-state index contributed by atoms with van der Waals surface area (Å²) in [5, 5.41) is 11.5. The summed E-state index contributed by atoms with van der Waals surface area (Å²) in [7, 11) is 0. The zero-order valence-corrected chi connectivity index (χ0v) is 15.3. The van der Waals surface area contributed by atoms with Crippen LogP contribution in [0.2, 0.25) is 0 Å². The summed E-state index contributed by atoms with van der Waals surface area (Å²) < 4.78 is 5.16. The molecule has 0 fully saturated rings. The van der Waals surface area contributed by atoms with Crippen LogP contribution in [0, 0.1) is 11.3 Å². The van der Waals surface area contributed by atoms with Crippen molar-refractivity contribution in [2.45, 2.75) is 24.7 Å². The number of nitrogens with one attached hydrogen (secondary N) is 1. The molecule has 0 aromatic heterocycles. The number of nitriles is 1. The van der Waals surface area contributed by atoms with Gasteiger partial charge in [0.1, 0.15) is 0 Å². The summed E-state index contributed by atoms with van der Waals surface area (Å²) in [5.41, 5.74) is 1.54. The average molecular weight is 368 g/mol. The van der Waals surface area contributed by atoms with Gasteiger partial charge in [-0.2, -0.15) is 5.26 Å². The lowest BCUT2D eigenvalue weighted by molar-refractivity contribution is 0.0499. The molecular formula is C20H20N2O3S. The average Bonchev–Trinajstić information content (AvgIpc) is 2.67. The molecule has 0 saturated carbocycles. The number of ether oxygens (including phenoxy) is 1. The van der Waals surface area contributed by atoms with E-state index in [9.17, 15) is 9.59 Å². The third-order valence-electron chi connectivity index (χ3n) is 3.53. The molecule has 134 valence electrons. The third-order valence-corrected chi connectivity index (χ3v) is 4.47. The molecule has 1 N–H and O–H groups in total. The van der Waals surface area contributed by atoms with Crippen molar-refractivity contribution in [1.82, 2.24) is 0 Å². The van der Waals surface area contributed by atoms with Gasteiger partial charge in [-0.1, -0.05) is 25.5 Å². The highest BCUT2D eigenvalue weighted by Crippen LogP contribution is 2.23. The van der Waals surface area contributed by atoms with E-state index in [0.29, 0.717) is 23.4 Å². The predicted octanol–water partition coefficient (Wildman–Crippen LogP) is 4.51. The smallest absolute Gasteiger partial charge is 0.338 e. The molecule has 0 radical (unpaired) electrons. The Bertz CT molecular complexity index is 797.